The van der Waals surface area contributed by atoms with Crippen LogP contribution in [0.5, 0.6) is 0 Å². The number of hydrogen-bond acceptors (Lipinski definition) is 4. The lowest BCUT2D eigenvalue weighted by Gasteiger charge is -2.48. The fourth-order valence-electron chi connectivity index (χ4n) is 4.94. The minimum absolute atomic E-state index is 0.0906. The van der Waals surface area contributed by atoms with E-state index in [2.05, 4.69) is 5.32 Å². The Hall–Kier alpha value is -2.90. The van der Waals surface area contributed by atoms with Gasteiger partial charge in [0.2, 0.25) is 11.8 Å². The molecule has 3 aliphatic rings. The maximum absolute atomic E-state index is 13.2. The van der Waals surface area contributed by atoms with E-state index in [4.69, 9.17) is 0 Å². The minimum Gasteiger partial charge on any atom is -0.480 e. The van der Waals surface area contributed by atoms with Crippen LogP contribution in [-0.2, 0) is 14.4 Å². The summed E-state index contributed by atoms with van der Waals surface area (Å²) < 4.78 is 0. The Morgan fingerprint density at radius 3 is 2.48 bits per heavy atom. The molecule has 8 nitrogen and oxygen atoms in total. The number of carboxylic acids is 1. The molecule has 2 N–H and O–H groups in total. The van der Waals surface area contributed by atoms with Gasteiger partial charge < -0.3 is 15.3 Å². The predicted molar refractivity (Wildman–Crippen MR) is 104 cm³/mol. The number of carboxylic acid groups (broad SMARTS) is 1. The number of anilines is 1. The van der Waals surface area contributed by atoms with Crippen molar-refractivity contribution >= 4 is 29.4 Å². The molecule has 0 spiro atoms. The van der Waals surface area contributed by atoms with Crippen molar-refractivity contribution in [3.8, 4) is 0 Å². The summed E-state index contributed by atoms with van der Waals surface area (Å²) in [6.07, 6.45) is 3.89. The maximum Gasteiger partial charge on any atom is 0.329 e. The molecule has 3 amide bonds. The van der Waals surface area contributed by atoms with Gasteiger partial charge in [0.05, 0.1) is 11.3 Å². The lowest BCUT2D eigenvalue weighted by Crippen LogP contribution is -2.65. The van der Waals surface area contributed by atoms with Crippen molar-refractivity contribution in [2.75, 3.05) is 11.4 Å². The van der Waals surface area contributed by atoms with E-state index >= 15 is 0 Å². The Labute approximate surface area is 168 Å². The normalized spacial score (nSPS) is 25.4. The molecule has 154 valence electrons. The molecular weight excluding hydrogens is 374 g/mol. The molecule has 1 atom stereocenters. The van der Waals surface area contributed by atoms with Crippen molar-refractivity contribution in [3.63, 3.8) is 0 Å². The van der Waals surface area contributed by atoms with Gasteiger partial charge >= 0.3 is 5.97 Å². The molecule has 8 heteroatoms. The van der Waals surface area contributed by atoms with Gasteiger partial charge in [0.1, 0.15) is 17.7 Å². The summed E-state index contributed by atoms with van der Waals surface area (Å²) in [4.78, 5) is 53.6. The molecule has 1 aliphatic carbocycles. The van der Waals surface area contributed by atoms with E-state index in [9.17, 15) is 24.3 Å². The minimum atomic E-state index is -1.28. The van der Waals surface area contributed by atoms with Crippen LogP contribution in [0.3, 0.4) is 0 Å². The zero-order chi connectivity index (χ0) is 20.8. The second-order valence-electron chi connectivity index (χ2n) is 8.35. The van der Waals surface area contributed by atoms with Crippen LogP contribution in [0.25, 0.3) is 0 Å². The highest BCUT2D eigenvalue weighted by atomic mass is 16.4. The summed E-state index contributed by atoms with van der Waals surface area (Å²) >= 11 is 0. The topological polar surface area (TPSA) is 107 Å². The molecule has 2 heterocycles. The summed E-state index contributed by atoms with van der Waals surface area (Å²) in [6.45, 7) is 1.50. The highest BCUT2D eigenvalue weighted by molar-refractivity contribution is 6.11. The zero-order valence-electron chi connectivity index (χ0n) is 16.4. The van der Waals surface area contributed by atoms with E-state index in [-0.39, 0.29) is 24.8 Å². The number of carbonyl (C=O) groups excluding carboxylic acids is 3. The molecule has 1 aromatic carbocycles. The quantitative estimate of drug-likeness (QED) is 0.804. The third-order valence-corrected chi connectivity index (χ3v) is 6.54. The largest absolute Gasteiger partial charge is 0.480 e. The van der Waals surface area contributed by atoms with Crippen LogP contribution in [0, 0.1) is 0 Å². The van der Waals surface area contributed by atoms with Gasteiger partial charge in [0, 0.05) is 6.42 Å². The van der Waals surface area contributed by atoms with Crippen LogP contribution in [-0.4, -0.2) is 51.4 Å². The van der Waals surface area contributed by atoms with Crippen LogP contribution in [0.1, 0.15) is 62.2 Å². The summed E-state index contributed by atoms with van der Waals surface area (Å²) in [5, 5.41) is 12.4. The van der Waals surface area contributed by atoms with Crippen molar-refractivity contribution in [1.29, 1.82) is 0 Å². The van der Waals surface area contributed by atoms with Gasteiger partial charge in [-0.25, -0.2) is 4.79 Å². The average molecular weight is 399 g/mol. The summed E-state index contributed by atoms with van der Waals surface area (Å²) in [5.74, 6) is -1.96. The number of benzene rings is 1. The van der Waals surface area contributed by atoms with Gasteiger partial charge in [-0.15, -0.1) is 0 Å². The van der Waals surface area contributed by atoms with E-state index in [1.54, 1.807) is 36.1 Å². The number of amides is 3. The van der Waals surface area contributed by atoms with Crippen molar-refractivity contribution < 1.29 is 24.3 Å². The van der Waals surface area contributed by atoms with E-state index in [0.717, 1.165) is 19.3 Å². The SMILES string of the molecule is CC12CCC(=O)N1c1ccccc1C(=O)N2CC(=O)NC1(C(=O)O)CCCCC1. The van der Waals surface area contributed by atoms with Crippen LogP contribution >= 0.6 is 0 Å². The third-order valence-electron chi connectivity index (χ3n) is 6.54. The summed E-state index contributed by atoms with van der Waals surface area (Å²) in [6, 6.07) is 6.89. The van der Waals surface area contributed by atoms with E-state index in [0.29, 0.717) is 30.5 Å². The highest BCUT2D eigenvalue weighted by Crippen LogP contribution is 2.43. The van der Waals surface area contributed by atoms with Crippen LogP contribution in [0.4, 0.5) is 5.69 Å². The number of nitrogens with one attached hydrogen (secondary N) is 1. The van der Waals surface area contributed by atoms with E-state index in [1.165, 1.54) is 4.90 Å². The standard InChI is InChI=1S/C21H25N3O5/c1-20-12-9-17(26)24(20)15-8-4-3-7-14(15)18(27)23(20)13-16(25)22-21(19(28)29)10-5-2-6-11-21/h3-4,7-8H,2,5-6,9-13H2,1H3,(H,22,25)(H,28,29). The maximum atomic E-state index is 13.2. The lowest BCUT2D eigenvalue weighted by atomic mass is 9.81. The number of carbonyl (C=O) groups is 4. The van der Waals surface area contributed by atoms with Crippen LogP contribution < -0.4 is 10.2 Å². The monoisotopic (exact) mass is 399 g/mol. The average Bonchev–Trinajstić information content (AvgIpc) is 3.01. The van der Waals surface area contributed by atoms with Crippen molar-refractivity contribution in [2.45, 2.75) is 63.1 Å². The van der Waals surface area contributed by atoms with Gasteiger partial charge in [-0.3, -0.25) is 19.3 Å². The molecule has 1 saturated heterocycles. The predicted octanol–water partition coefficient (Wildman–Crippen LogP) is 1.89. The van der Waals surface area contributed by atoms with Crippen molar-refractivity contribution in [3.05, 3.63) is 29.8 Å². The zero-order valence-corrected chi connectivity index (χ0v) is 16.4. The first kappa shape index (κ1) is 19.4. The van der Waals surface area contributed by atoms with Crippen molar-refractivity contribution in [2.24, 2.45) is 0 Å². The molecule has 2 aliphatic heterocycles. The first-order valence-electron chi connectivity index (χ1n) is 10.1. The molecule has 0 aromatic heterocycles. The summed E-state index contributed by atoms with van der Waals surface area (Å²) in [7, 11) is 0. The lowest BCUT2D eigenvalue weighted by molar-refractivity contribution is -0.149. The number of rotatable bonds is 4. The van der Waals surface area contributed by atoms with Gasteiger partial charge in [-0.05, 0) is 38.3 Å². The highest BCUT2D eigenvalue weighted by Gasteiger charge is 2.53. The first-order valence-corrected chi connectivity index (χ1v) is 10.1. The Morgan fingerprint density at radius 1 is 1.10 bits per heavy atom. The second-order valence-corrected chi connectivity index (χ2v) is 8.35. The van der Waals surface area contributed by atoms with Gasteiger partial charge in [-0.2, -0.15) is 0 Å². The molecule has 1 unspecified atom stereocenters. The van der Waals surface area contributed by atoms with Gasteiger partial charge in [0.15, 0.2) is 0 Å². The Bertz CT molecular complexity index is 892. The van der Waals surface area contributed by atoms with E-state index in [1.807, 2.05) is 0 Å². The number of aliphatic carboxylic acids is 1. The summed E-state index contributed by atoms with van der Waals surface area (Å²) in [5.41, 5.74) is -1.28. The molecule has 29 heavy (non-hydrogen) atoms. The van der Waals surface area contributed by atoms with Gasteiger partial charge in [-0.1, -0.05) is 31.4 Å². The molecule has 4 rings (SSSR count). The molecule has 1 saturated carbocycles. The van der Waals surface area contributed by atoms with Gasteiger partial charge in [0.25, 0.3) is 5.91 Å². The third kappa shape index (κ3) is 2.97. The Kier molecular flexibility index (Phi) is 4.59. The molecule has 2 fully saturated rings. The van der Waals surface area contributed by atoms with Crippen LogP contribution in [0.2, 0.25) is 0 Å². The fourth-order valence-corrected chi connectivity index (χ4v) is 4.94. The Balaban J connectivity index is 1.63. The molecule has 1 aromatic rings. The number of fused-ring (bicyclic) bond motifs is 3. The smallest absolute Gasteiger partial charge is 0.329 e. The second kappa shape index (κ2) is 6.86. The molecule has 0 bridgehead atoms. The number of hydrogen-bond donors (Lipinski definition) is 2. The van der Waals surface area contributed by atoms with E-state index < -0.39 is 23.1 Å². The molecule has 0 radical (unpaired) electrons. The van der Waals surface area contributed by atoms with Crippen LogP contribution in [0.15, 0.2) is 24.3 Å². The number of para-hydroxylation sites is 1. The first-order chi connectivity index (χ1) is 13.8. The number of nitrogens with zero attached hydrogens (tertiary/aromatic N) is 2. The van der Waals surface area contributed by atoms with Crippen molar-refractivity contribution in [1.82, 2.24) is 10.2 Å². The molecular formula is C21H25N3O5. The fraction of sp³-hybridized carbons (Fsp3) is 0.524. The Morgan fingerprint density at radius 2 is 1.79 bits per heavy atom.